The Labute approximate surface area is 121 Å². The van der Waals surface area contributed by atoms with Crippen molar-refractivity contribution in [1.82, 2.24) is 0 Å². The Morgan fingerprint density at radius 1 is 0.850 bits per heavy atom. The Morgan fingerprint density at radius 3 is 1.60 bits per heavy atom. The van der Waals surface area contributed by atoms with Gasteiger partial charge in [0.2, 0.25) is 0 Å². The van der Waals surface area contributed by atoms with E-state index in [-0.39, 0.29) is 29.8 Å². The third-order valence-corrected chi connectivity index (χ3v) is 4.93. The Balaban J connectivity index is 1.97. The number of carbonyl (C=O) groups is 1. The molecule has 0 aromatic carbocycles. The highest BCUT2D eigenvalue weighted by molar-refractivity contribution is 5.80. The summed E-state index contributed by atoms with van der Waals surface area (Å²) < 4.78 is 0. The minimum absolute atomic E-state index is 0.0785. The first-order valence-corrected chi connectivity index (χ1v) is 7.67. The van der Waals surface area contributed by atoms with Gasteiger partial charge in [-0.15, -0.1) is 0 Å². The number of hydrogen-bond acceptors (Lipinski definition) is 3. The maximum atomic E-state index is 12.4. The molecule has 3 nitrogen and oxygen atoms in total. The van der Waals surface area contributed by atoms with Crippen molar-refractivity contribution >= 4 is 5.78 Å². The highest BCUT2D eigenvalue weighted by Crippen LogP contribution is 2.40. The van der Waals surface area contributed by atoms with Crippen molar-refractivity contribution in [3.8, 4) is 0 Å². The van der Waals surface area contributed by atoms with Crippen LogP contribution in [0.5, 0.6) is 0 Å². The maximum Gasteiger partial charge on any atom is 0.134 e. The Morgan fingerprint density at radius 2 is 1.30 bits per heavy atom. The summed E-state index contributed by atoms with van der Waals surface area (Å²) in [5, 5.41) is 19.3. The molecule has 0 aliphatic heterocycles. The van der Waals surface area contributed by atoms with E-state index in [4.69, 9.17) is 0 Å². The van der Waals surface area contributed by atoms with Crippen LogP contribution in [0.4, 0.5) is 0 Å². The lowest BCUT2D eigenvalue weighted by Gasteiger charge is -2.36. The molecule has 0 fully saturated rings. The molecule has 3 heteroatoms. The van der Waals surface area contributed by atoms with Gasteiger partial charge in [0.1, 0.15) is 5.78 Å². The molecule has 0 bridgehead atoms. The van der Waals surface area contributed by atoms with Gasteiger partial charge in [-0.05, 0) is 38.5 Å². The van der Waals surface area contributed by atoms with Crippen molar-refractivity contribution in [3.63, 3.8) is 0 Å². The van der Waals surface area contributed by atoms with E-state index in [1.54, 1.807) is 0 Å². The number of carbonyl (C=O) groups excluding carboxylic acids is 1. The molecule has 20 heavy (non-hydrogen) atoms. The molecule has 0 amide bonds. The minimum atomic E-state index is -0.257. The Kier molecular flexibility index (Phi) is 5.17. The molecule has 2 N–H and O–H groups in total. The summed E-state index contributed by atoms with van der Waals surface area (Å²) in [6.45, 7) is 0.157. The Bertz CT molecular complexity index is 363. The monoisotopic (exact) mass is 278 g/mol. The van der Waals surface area contributed by atoms with Gasteiger partial charge in [-0.2, -0.15) is 0 Å². The zero-order valence-corrected chi connectivity index (χ0v) is 12.2. The van der Waals surface area contributed by atoms with Crippen LogP contribution in [0.2, 0.25) is 0 Å². The Hall–Kier alpha value is -0.930. The quantitative estimate of drug-likeness (QED) is 0.735. The topological polar surface area (TPSA) is 57.5 Å². The zero-order chi connectivity index (χ0) is 14.5. The van der Waals surface area contributed by atoms with Gasteiger partial charge in [-0.1, -0.05) is 24.3 Å². The molecule has 2 aliphatic carbocycles. The lowest BCUT2D eigenvalue weighted by molar-refractivity contribution is -0.125. The van der Waals surface area contributed by atoms with Crippen molar-refractivity contribution in [3.05, 3.63) is 24.3 Å². The molecule has 0 aromatic rings. The second-order valence-corrected chi connectivity index (χ2v) is 6.64. The van der Waals surface area contributed by atoms with E-state index in [1.807, 2.05) is 0 Å². The summed E-state index contributed by atoms with van der Waals surface area (Å²) in [6, 6.07) is 0. The molecule has 2 atom stereocenters. The van der Waals surface area contributed by atoms with E-state index in [1.165, 1.54) is 0 Å². The van der Waals surface area contributed by atoms with Crippen LogP contribution in [0, 0.1) is 10.8 Å². The van der Waals surface area contributed by atoms with Gasteiger partial charge in [0.25, 0.3) is 0 Å². The lowest BCUT2D eigenvalue weighted by atomic mass is 9.69. The van der Waals surface area contributed by atoms with E-state index in [0.717, 1.165) is 38.5 Å². The molecule has 0 heterocycles. The van der Waals surface area contributed by atoms with Crippen molar-refractivity contribution < 1.29 is 15.0 Å². The molecule has 0 aromatic heterocycles. The first-order valence-electron chi connectivity index (χ1n) is 7.67. The van der Waals surface area contributed by atoms with Crippen LogP contribution < -0.4 is 0 Å². The normalized spacial score (nSPS) is 33.3. The predicted octanol–water partition coefficient (Wildman–Crippen LogP) is 2.77. The molecule has 2 rings (SSSR count). The molecule has 112 valence electrons. The fraction of sp³-hybridized carbons (Fsp3) is 0.706. The number of Topliss-reactive ketones (excluding diaryl/α,β-unsaturated/α-hetero) is 1. The first kappa shape index (κ1) is 15.5. The van der Waals surface area contributed by atoms with Crippen LogP contribution in [-0.2, 0) is 4.79 Å². The summed E-state index contributed by atoms with van der Waals surface area (Å²) in [7, 11) is 0. The number of allylic oxidation sites excluding steroid dienone is 4. The molecular weight excluding hydrogens is 252 g/mol. The summed E-state index contributed by atoms with van der Waals surface area (Å²) >= 11 is 0. The van der Waals surface area contributed by atoms with Gasteiger partial charge in [0, 0.05) is 36.9 Å². The molecule has 2 unspecified atom stereocenters. The molecule has 2 aliphatic rings. The second kappa shape index (κ2) is 6.68. The van der Waals surface area contributed by atoms with E-state index in [9.17, 15) is 15.0 Å². The highest BCUT2D eigenvalue weighted by atomic mass is 16.3. The average Bonchev–Trinajstić information content (AvgIpc) is 2.49. The van der Waals surface area contributed by atoms with E-state index in [0.29, 0.717) is 12.8 Å². The smallest absolute Gasteiger partial charge is 0.134 e. The van der Waals surface area contributed by atoms with Crippen LogP contribution in [0.1, 0.15) is 51.4 Å². The van der Waals surface area contributed by atoms with Crippen LogP contribution in [0.15, 0.2) is 24.3 Å². The van der Waals surface area contributed by atoms with E-state index >= 15 is 0 Å². The largest absolute Gasteiger partial charge is 0.396 e. The molecule has 0 spiro atoms. The lowest BCUT2D eigenvalue weighted by Crippen LogP contribution is -2.34. The minimum Gasteiger partial charge on any atom is -0.396 e. The molecule has 0 saturated heterocycles. The van der Waals surface area contributed by atoms with Gasteiger partial charge in [-0.25, -0.2) is 0 Å². The van der Waals surface area contributed by atoms with E-state index in [2.05, 4.69) is 24.3 Å². The fourth-order valence-electron chi connectivity index (χ4n) is 3.50. The molecule has 0 radical (unpaired) electrons. The van der Waals surface area contributed by atoms with Crippen LogP contribution >= 0.6 is 0 Å². The zero-order valence-electron chi connectivity index (χ0n) is 12.2. The summed E-state index contributed by atoms with van der Waals surface area (Å²) in [5.74, 6) is 0.193. The first-order chi connectivity index (χ1) is 9.64. The second-order valence-electron chi connectivity index (χ2n) is 6.64. The number of aliphatic hydroxyl groups is 2. The van der Waals surface area contributed by atoms with Gasteiger partial charge in [0.15, 0.2) is 0 Å². The van der Waals surface area contributed by atoms with E-state index < -0.39 is 0 Å². The standard InChI is InChI=1S/C17H26O3/c18-13-16(7-3-1-4-8-16)11-15(20)12-17(14-19)9-5-2-6-10-17/h1-3,5,18-19H,4,6-14H2. The van der Waals surface area contributed by atoms with Crippen molar-refractivity contribution in [1.29, 1.82) is 0 Å². The third kappa shape index (κ3) is 3.58. The van der Waals surface area contributed by atoms with Crippen molar-refractivity contribution in [2.45, 2.75) is 51.4 Å². The summed E-state index contributed by atoms with van der Waals surface area (Å²) in [5.41, 5.74) is -0.514. The molecule has 0 saturated carbocycles. The van der Waals surface area contributed by atoms with Gasteiger partial charge in [0.05, 0.1) is 0 Å². The average molecular weight is 278 g/mol. The van der Waals surface area contributed by atoms with Gasteiger partial charge < -0.3 is 10.2 Å². The van der Waals surface area contributed by atoms with Crippen molar-refractivity contribution in [2.24, 2.45) is 10.8 Å². The SMILES string of the molecule is O=C(CC1(CO)CC=CCC1)CC1(CO)CC=CCC1. The number of rotatable bonds is 6. The summed E-state index contributed by atoms with van der Waals surface area (Å²) in [6.07, 6.45) is 14.6. The van der Waals surface area contributed by atoms with Gasteiger partial charge in [-0.3, -0.25) is 4.79 Å². The van der Waals surface area contributed by atoms with Crippen molar-refractivity contribution in [2.75, 3.05) is 13.2 Å². The fourth-order valence-corrected chi connectivity index (χ4v) is 3.50. The summed E-state index contributed by atoms with van der Waals surface area (Å²) in [4.78, 5) is 12.4. The number of ketones is 1. The van der Waals surface area contributed by atoms with Crippen LogP contribution in [0.25, 0.3) is 0 Å². The highest BCUT2D eigenvalue weighted by Gasteiger charge is 2.36. The third-order valence-electron chi connectivity index (χ3n) is 4.93. The maximum absolute atomic E-state index is 12.4. The van der Waals surface area contributed by atoms with Gasteiger partial charge >= 0.3 is 0 Å². The molecular formula is C17H26O3. The number of aliphatic hydroxyl groups excluding tert-OH is 2. The predicted molar refractivity (Wildman–Crippen MR) is 79.3 cm³/mol. The van der Waals surface area contributed by atoms with Crippen LogP contribution in [0.3, 0.4) is 0 Å². The van der Waals surface area contributed by atoms with Crippen LogP contribution in [-0.4, -0.2) is 29.2 Å². The number of hydrogen-bond donors (Lipinski definition) is 2.